The van der Waals surface area contributed by atoms with E-state index < -0.39 is 17.0 Å². The summed E-state index contributed by atoms with van der Waals surface area (Å²) in [6, 6.07) is 0. The van der Waals surface area contributed by atoms with Gasteiger partial charge in [-0.2, -0.15) is 0 Å². The first-order valence-electron chi connectivity index (χ1n) is 9.60. The van der Waals surface area contributed by atoms with Crippen LogP contribution in [-0.2, 0) is 4.79 Å². The molecule has 0 aliphatic heterocycles. The van der Waals surface area contributed by atoms with Gasteiger partial charge in [0.25, 0.3) is 0 Å². The summed E-state index contributed by atoms with van der Waals surface area (Å²) >= 11 is 0. The number of aliphatic hydroxyl groups is 1. The standard InChI is InChI=1S/C20H32O3/c1-17-8-4-9-18(2,16(21)22)14(17)7-10-20-11-13(5-6-15(17)20)19(3,23)12-20/h13-15,23H,4-12H2,1-3H3,(H,21,22)/t13-,14+,15+,17-,18-,19+,20+/m1/s1. The van der Waals surface area contributed by atoms with Crippen LogP contribution in [0.5, 0.6) is 0 Å². The zero-order chi connectivity index (χ0) is 16.7. The summed E-state index contributed by atoms with van der Waals surface area (Å²) in [5.74, 6) is 0.793. The van der Waals surface area contributed by atoms with Crippen molar-refractivity contribution in [2.24, 2.45) is 34.0 Å². The zero-order valence-electron chi connectivity index (χ0n) is 14.9. The van der Waals surface area contributed by atoms with Crippen molar-refractivity contribution >= 4 is 5.97 Å². The number of hydrogen-bond donors (Lipinski definition) is 2. The van der Waals surface area contributed by atoms with Crippen LogP contribution in [0.25, 0.3) is 0 Å². The quantitative estimate of drug-likeness (QED) is 0.760. The molecule has 0 heterocycles. The van der Waals surface area contributed by atoms with Crippen LogP contribution in [0.4, 0.5) is 0 Å². The van der Waals surface area contributed by atoms with E-state index in [1.807, 2.05) is 13.8 Å². The van der Waals surface area contributed by atoms with E-state index in [1.54, 1.807) is 0 Å². The van der Waals surface area contributed by atoms with Crippen LogP contribution in [0.2, 0.25) is 0 Å². The summed E-state index contributed by atoms with van der Waals surface area (Å²) in [5.41, 5.74) is -0.612. The van der Waals surface area contributed by atoms with E-state index in [9.17, 15) is 15.0 Å². The lowest BCUT2D eigenvalue weighted by atomic mass is 9.41. The highest BCUT2D eigenvalue weighted by Crippen LogP contribution is 2.72. The molecule has 4 rings (SSSR count). The van der Waals surface area contributed by atoms with Gasteiger partial charge in [0.15, 0.2) is 0 Å². The lowest BCUT2D eigenvalue weighted by Gasteiger charge is -2.63. The number of carboxylic acid groups (broad SMARTS) is 1. The molecule has 1 spiro atoms. The number of carbonyl (C=O) groups is 1. The van der Waals surface area contributed by atoms with Crippen LogP contribution in [0, 0.1) is 34.0 Å². The molecule has 2 bridgehead atoms. The van der Waals surface area contributed by atoms with Crippen molar-refractivity contribution < 1.29 is 15.0 Å². The van der Waals surface area contributed by atoms with Crippen LogP contribution in [0.3, 0.4) is 0 Å². The maximum absolute atomic E-state index is 12.1. The molecule has 23 heavy (non-hydrogen) atoms. The fourth-order valence-corrected chi connectivity index (χ4v) is 8.05. The van der Waals surface area contributed by atoms with Gasteiger partial charge in [0, 0.05) is 0 Å². The molecule has 0 saturated heterocycles. The second-order valence-corrected chi connectivity index (χ2v) is 10.1. The first kappa shape index (κ1) is 15.9. The highest BCUT2D eigenvalue weighted by Gasteiger charge is 2.67. The maximum atomic E-state index is 12.1. The Morgan fingerprint density at radius 2 is 1.74 bits per heavy atom. The Morgan fingerprint density at radius 3 is 2.43 bits per heavy atom. The number of aliphatic carboxylic acids is 1. The third kappa shape index (κ3) is 1.89. The average molecular weight is 320 g/mol. The molecule has 0 radical (unpaired) electrons. The van der Waals surface area contributed by atoms with Gasteiger partial charge in [-0.05, 0) is 93.8 Å². The van der Waals surface area contributed by atoms with Gasteiger partial charge in [-0.3, -0.25) is 4.79 Å². The summed E-state index contributed by atoms with van der Waals surface area (Å²) in [6.07, 6.45) is 9.68. The molecule has 4 saturated carbocycles. The summed E-state index contributed by atoms with van der Waals surface area (Å²) < 4.78 is 0. The molecular formula is C20H32O3. The van der Waals surface area contributed by atoms with Gasteiger partial charge in [0.2, 0.25) is 0 Å². The van der Waals surface area contributed by atoms with E-state index in [-0.39, 0.29) is 10.8 Å². The topological polar surface area (TPSA) is 57.5 Å². The Kier molecular flexibility index (Phi) is 3.14. The molecule has 3 nitrogen and oxygen atoms in total. The van der Waals surface area contributed by atoms with Gasteiger partial charge in [-0.15, -0.1) is 0 Å². The van der Waals surface area contributed by atoms with Crippen molar-refractivity contribution in [2.45, 2.75) is 84.2 Å². The van der Waals surface area contributed by atoms with Crippen molar-refractivity contribution in [3.05, 3.63) is 0 Å². The molecule has 7 atom stereocenters. The van der Waals surface area contributed by atoms with Gasteiger partial charge in [-0.25, -0.2) is 0 Å². The molecule has 2 N–H and O–H groups in total. The highest BCUT2D eigenvalue weighted by atomic mass is 16.4. The van der Waals surface area contributed by atoms with Crippen LogP contribution in [0.15, 0.2) is 0 Å². The lowest BCUT2D eigenvalue weighted by molar-refractivity contribution is -0.181. The Hall–Kier alpha value is -0.570. The Labute approximate surface area is 139 Å². The van der Waals surface area contributed by atoms with E-state index in [0.717, 1.165) is 38.5 Å². The van der Waals surface area contributed by atoms with Crippen LogP contribution in [-0.4, -0.2) is 21.8 Å². The smallest absolute Gasteiger partial charge is 0.309 e. The highest BCUT2D eigenvalue weighted by molar-refractivity contribution is 5.75. The SMILES string of the molecule is C[C@@]12CCC[C@@](C)(C(=O)O)[C@H]1CC[C@@]13C[C@@H](CC[C@H]12)[C@@](C)(O)C3. The third-order valence-electron chi connectivity index (χ3n) is 8.98. The number of rotatable bonds is 1. The van der Waals surface area contributed by atoms with E-state index >= 15 is 0 Å². The van der Waals surface area contributed by atoms with E-state index in [4.69, 9.17) is 0 Å². The summed E-state index contributed by atoms with van der Waals surface area (Å²) in [5, 5.41) is 20.8. The predicted molar refractivity (Wildman–Crippen MR) is 88.9 cm³/mol. The minimum atomic E-state index is -0.587. The fraction of sp³-hybridized carbons (Fsp3) is 0.950. The zero-order valence-corrected chi connectivity index (χ0v) is 14.9. The van der Waals surface area contributed by atoms with E-state index in [2.05, 4.69) is 6.92 Å². The Morgan fingerprint density at radius 1 is 1.00 bits per heavy atom. The van der Waals surface area contributed by atoms with Crippen molar-refractivity contribution in [2.75, 3.05) is 0 Å². The molecule has 0 aromatic rings. The molecule has 3 heteroatoms. The van der Waals surface area contributed by atoms with Gasteiger partial charge in [-0.1, -0.05) is 13.3 Å². The predicted octanol–water partition coefficient (Wildman–Crippen LogP) is 4.23. The number of fused-ring (bicyclic) bond motifs is 3. The largest absolute Gasteiger partial charge is 0.481 e. The van der Waals surface area contributed by atoms with Crippen LogP contribution < -0.4 is 0 Å². The first-order chi connectivity index (χ1) is 10.6. The molecular weight excluding hydrogens is 288 g/mol. The number of carboxylic acids is 1. The molecule has 0 aromatic heterocycles. The van der Waals surface area contributed by atoms with Crippen molar-refractivity contribution in [3.8, 4) is 0 Å². The van der Waals surface area contributed by atoms with Crippen molar-refractivity contribution in [3.63, 3.8) is 0 Å². The average Bonchev–Trinajstić information content (AvgIpc) is 2.63. The molecule has 130 valence electrons. The van der Waals surface area contributed by atoms with Crippen molar-refractivity contribution in [1.82, 2.24) is 0 Å². The minimum Gasteiger partial charge on any atom is -0.481 e. The van der Waals surface area contributed by atoms with Gasteiger partial charge in [0.05, 0.1) is 11.0 Å². The molecule has 0 amide bonds. The van der Waals surface area contributed by atoms with Gasteiger partial charge >= 0.3 is 5.97 Å². The molecule has 0 unspecified atom stereocenters. The molecule has 0 aromatic carbocycles. The first-order valence-corrected chi connectivity index (χ1v) is 9.60. The third-order valence-corrected chi connectivity index (χ3v) is 8.98. The minimum absolute atomic E-state index is 0.148. The lowest BCUT2D eigenvalue weighted by Crippen LogP contribution is -2.58. The fourth-order valence-electron chi connectivity index (χ4n) is 8.05. The summed E-state index contributed by atoms with van der Waals surface area (Å²) in [4.78, 5) is 12.1. The maximum Gasteiger partial charge on any atom is 0.309 e. The Balaban J connectivity index is 1.74. The van der Waals surface area contributed by atoms with Crippen LogP contribution in [0.1, 0.15) is 78.6 Å². The summed E-state index contributed by atoms with van der Waals surface area (Å²) in [6.45, 7) is 6.45. The number of hydrogen-bond acceptors (Lipinski definition) is 2. The normalized spacial score (nSPS) is 58.3. The molecule has 4 aliphatic carbocycles. The van der Waals surface area contributed by atoms with Gasteiger partial charge < -0.3 is 10.2 Å². The van der Waals surface area contributed by atoms with Crippen LogP contribution >= 0.6 is 0 Å². The molecule has 4 aliphatic rings. The molecule has 4 fully saturated rings. The van der Waals surface area contributed by atoms with E-state index in [0.29, 0.717) is 17.8 Å². The van der Waals surface area contributed by atoms with E-state index in [1.165, 1.54) is 19.3 Å². The van der Waals surface area contributed by atoms with Gasteiger partial charge in [0.1, 0.15) is 0 Å². The summed E-state index contributed by atoms with van der Waals surface area (Å²) in [7, 11) is 0. The second kappa shape index (κ2) is 4.53. The van der Waals surface area contributed by atoms with Crippen molar-refractivity contribution in [1.29, 1.82) is 0 Å². The Bertz CT molecular complexity index is 541. The second-order valence-electron chi connectivity index (χ2n) is 10.1. The monoisotopic (exact) mass is 320 g/mol.